The fourth-order valence-corrected chi connectivity index (χ4v) is 4.20. The SMILES string of the molecule is CS(=O)(=O)NC1CCCC1CNC(=O)CCC1CCNC1.Cl. The number of hydrogen-bond donors (Lipinski definition) is 3. The van der Waals surface area contributed by atoms with Gasteiger partial charge < -0.3 is 10.6 Å². The number of carbonyl (C=O) groups is 1. The summed E-state index contributed by atoms with van der Waals surface area (Å²) < 4.78 is 25.3. The summed E-state index contributed by atoms with van der Waals surface area (Å²) in [6.45, 7) is 2.67. The van der Waals surface area contributed by atoms with Crippen molar-refractivity contribution in [3.05, 3.63) is 0 Å². The standard InChI is InChI=1S/C14H27N3O3S.ClH/c1-21(19,20)17-13-4-2-3-12(13)10-16-14(18)6-5-11-7-8-15-9-11;/h11-13,15,17H,2-10H2,1H3,(H,16,18);1H. The van der Waals surface area contributed by atoms with Crippen molar-refractivity contribution in [3.63, 3.8) is 0 Å². The summed E-state index contributed by atoms with van der Waals surface area (Å²) in [4.78, 5) is 11.9. The Labute approximate surface area is 139 Å². The van der Waals surface area contributed by atoms with Gasteiger partial charge in [0.25, 0.3) is 0 Å². The van der Waals surface area contributed by atoms with E-state index < -0.39 is 10.0 Å². The van der Waals surface area contributed by atoms with Gasteiger partial charge in [0, 0.05) is 19.0 Å². The van der Waals surface area contributed by atoms with Crippen LogP contribution in [-0.2, 0) is 14.8 Å². The van der Waals surface area contributed by atoms with Crippen LogP contribution >= 0.6 is 12.4 Å². The molecule has 2 fully saturated rings. The van der Waals surface area contributed by atoms with Crippen LogP contribution in [0.15, 0.2) is 0 Å². The van der Waals surface area contributed by atoms with E-state index in [0.717, 1.165) is 45.2 Å². The van der Waals surface area contributed by atoms with Crippen molar-refractivity contribution in [2.75, 3.05) is 25.9 Å². The molecule has 2 aliphatic rings. The Hall–Kier alpha value is -0.370. The van der Waals surface area contributed by atoms with Gasteiger partial charge in [0.2, 0.25) is 15.9 Å². The van der Waals surface area contributed by atoms with Crippen molar-refractivity contribution in [3.8, 4) is 0 Å². The maximum Gasteiger partial charge on any atom is 0.220 e. The molecule has 1 heterocycles. The smallest absolute Gasteiger partial charge is 0.220 e. The first-order chi connectivity index (χ1) is 9.94. The molecule has 3 atom stereocenters. The Bertz CT molecular complexity index is 452. The minimum atomic E-state index is -3.17. The summed E-state index contributed by atoms with van der Waals surface area (Å²) in [6, 6.07) is -0.0284. The Morgan fingerprint density at radius 2 is 2.05 bits per heavy atom. The monoisotopic (exact) mass is 353 g/mol. The molecule has 0 aromatic carbocycles. The Morgan fingerprint density at radius 3 is 2.68 bits per heavy atom. The summed E-state index contributed by atoms with van der Waals surface area (Å²) in [6.07, 6.45) is 6.72. The summed E-state index contributed by atoms with van der Waals surface area (Å²) >= 11 is 0. The third-order valence-corrected chi connectivity index (χ3v) is 5.26. The van der Waals surface area contributed by atoms with E-state index in [4.69, 9.17) is 0 Å². The molecule has 0 radical (unpaired) electrons. The summed E-state index contributed by atoms with van der Waals surface area (Å²) in [5.74, 6) is 0.936. The highest BCUT2D eigenvalue weighted by atomic mass is 35.5. The van der Waals surface area contributed by atoms with Crippen molar-refractivity contribution in [1.29, 1.82) is 0 Å². The topological polar surface area (TPSA) is 87.3 Å². The van der Waals surface area contributed by atoms with Gasteiger partial charge in [0.05, 0.1) is 6.26 Å². The lowest BCUT2D eigenvalue weighted by atomic mass is 10.0. The molecule has 2 rings (SSSR count). The van der Waals surface area contributed by atoms with Crippen molar-refractivity contribution in [1.82, 2.24) is 15.4 Å². The van der Waals surface area contributed by atoms with Gasteiger partial charge >= 0.3 is 0 Å². The molecule has 0 aromatic rings. The Balaban J connectivity index is 0.00000242. The summed E-state index contributed by atoms with van der Waals surface area (Å²) in [5, 5.41) is 6.27. The fourth-order valence-electron chi connectivity index (χ4n) is 3.34. The van der Waals surface area contributed by atoms with Crippen LogP contribution in [0.4, 0.5) is 0 Å². The van der Waals surface area contributed by atoms with E-state index in [9.17, 15) is 13.2 Å². The Morgan fingerprint density at radius 1 is 1.27 bits per heavy atom. The molecule has 6 nitrogen and oxygen atoms in total. The third kappa shape index (κ3) is 6.81. The second kappa shape index (κ2) is 9.05. The van der Waals surface area contributed by atoms with Crippen molar-refractivity contribution >= 4 is 28.3 Å². The van der Waals surface area contributed by atoms with Gasteiger partial charge in [-0.15, -0.1) is 12.4 Å². The molecule has 22 heavy (non-hydrogen) atoms. The van der Waals surface area contributed by atoms with Crippen molar-refractivity contribution < 1.29 is 13.2 Å². The average molecular weight is 354 g/mol. The highest BCUT2D eigenvalue weighted by molar-refractivity contribution is 7.88. The zero-order chi connectivity index (χ0) is 15.3. The molecule has 3 unspecified atom stereocenters. The number of carbonyl (C=O) groups excluding carboxylic acids is 1. The number of sulfonamides is 1. The van der Waals surface area contributed by atoms with E-state index in [-0.39, 0.29) is 30.3 Å². The first-order valence-electron chi connectivity index (χ1n) is 7.89. The molecule has 130 valence electrons. The maximum absolute atomic E-state index is 11.9. The predicted octanol–water partition coefficient (Wildman–Crippen LogP) is 0.632. The Kier molecular flexibility index (Phi) is 8.10. The maximum atomic E-state index is 11.9. The van der Waals surface area contributed by atoms with E-state index in [1.807, 2.05) is 0 Å². The molecule has 1 aliphatic heterocycles. The number of halogens is 1. The highest BCUT2D eigenvalue weighted by Crippen LogP contribution is 2.25. The van der Waals surface area contributed by atoms with Gasteiger partial charge in [-0.3, -0.25) is 4.79 Å². The first-order valence-corrected chi connectivity index (χ1v) is 9.78. The van der Waals surface area contributed by atoms with Crippen LogP contribution in [0.3, 0.4) is 0 Å². The largest absolute Gasteiger partial charge is 0.356 e. The van der Waals surface area contributed by atoms with Crippen LogP contribution < -0.4 is 15.4 Å². The average Bonchev–Trinajstić information content (AvgIpc) is 3.03. The number of amides is 1. The van der Waals surface area contributed by atoms with Crippen molar-refractivity contribution in [2.45, 2.75) is 44.6 Å². The van der Waals surface area contributed by atoms with E-state index in [2.05, 4.69) is 15.4 Å². The molecule has 1 amide bonds. The summed E-state index contributed by atoms with van der Waals surface area (Å²) in [7, 11) is -3.17. The number of nitrogens with one attached hydrogen (secondary N) is 3. The highest BCUT2D eigenvalue weighted by Gasteiger charge is 2.29. The van der Waals surface area contributed by atoms with Crippen LogP contribution in [0.1, 0.15) is 38.5 Å². The lowest BCUT2D eigenvalue weighted by Crippen LogP contribution is -2.41. The van der Waals surface area contributed by atoms with Gasteiger partial charge in [0.1, 0.15) is 0 Å². The van der Waals surface area contributed by atoms with Gasteiger partial charge in [-0.1, -0.05) is 6.42 Å². The molecular formula is C14H28ClN3O3S. The molecule has 0 spiro atoms. The van der Waals surface area contributed by atoms with Crippen LogP contribution in [0.2, 0.25) is 0 Å². The zero-order valence-electron chi connectivity index (χ0n) is 13.1. The van der Waals surface area contributed by atoms with Gasteiger partial charge in [-0.05, 0) is 50.6 Å². The molecule has 1 aliphatic carbocycles. The van der Waals surface area contributed by atoms with Crippen LogP contribution in [0.5, 0.6) is 0 Å². The zero-order valence-corrected chi connectivity index (χ0v) is 14.8. The second-order valence-corrected chi connectivity index (χ2v) is 8.17. The molecule has 0 aromatic heterocycles. The van der Waals surface area contributed by atoms with Crippen LogP contribution in [-0.4, -0.2) is 46.3 Å². The molecule has 0 bridgehead atoms. The van der Waals surface area contributed by atoms with Gasteiger partial charge in [-0.2, -0.15) is 0 Å². The third-order valence-electron chi connectivity index (χ3n) is 4.53. The second-order valence-electron chi connectivity index (χ2n) is 6.39. The van der Waals surface area contributed by atoms with Crippen LogP contribution in [0, 0.1) is 11.8 Å². The van der Waals surface area contributed by atoms with Crippen LogP contribution in [0.25, 0.3) is 0 Å². The van der Waals surface area contributed by atoms with E-state index in [0.29, 0.717) is 18.9 Å². The lowest BCUT2D eigenvalue weighted by molar-refractivity contribution is -0.121. The molecule has 1 saturated carbocycles. The number of rotatable bonds is 7. The predicted molar refractivity (Wildman–Crippen MR) is 89.6 cm³/mol. The quantitative estimate of drug-likeness (QED) is 0.626. The number of hydrogen-bond acceptors (Lipinski definition) is 4. The molecule has 8 heteroatoms. The summed E-state index contributed by atoms with van der Waals surface area (Å²) in [5.41, 5.74) is 0. The fraction of sp³-hybridized carbons (Fsp3) is 0.929. The minimum absolute atomic E-state index is 0. The molecular weight excluding hydrogens is 326 g/mol. The first kappa shape index (κ1) is 19.7. The normalized spacial score (nSPS) is 28.3. The van der Waals surface area contributed by atoms with E-state index >= 15 is 0 Å². The minimum Gasteiger partial charge on any atom is -0.356 e. The molecule has 1 saturated heterocycles. The van der Waals surface area contributed by atoms with E-state index in [1.54, 1.807) is 0 Å². The van der Waals surface area contributed by atoms with Gasteiger partial charge in [-0.25, -0.2) is 13.1 Å². The van der Waals surface area contributed by atoms with E-state index in [1.165, 1.54) is 6.26 Å². The molecule has 3 N–H and O–H groups in total. The van der Waals surface area contributed by atoms with Gasteiger partial charge in [0.15, 0.2) is 0 Å². The van der Waals surface area contributed by atoms with Crippen molar-refractivity contribution in [2.24, 2.45) is 11.8 Å². The lowest BCUT2D eigenvalue weighted by Gasteiger charge is -2.20.